The number of hydrogen-bond acceptors (Lipinski definition) is 5. The van der Waals surface area contributed by atoms with E-state index in [1.807, 2.05) is 36.1 Å². The van der Waals surface area contributed by atoms with Gasteiger partial charge < -0.3 is 15.0 Å². The van der Waals surface area contributed by atoms with Crippen LogP contribution in [0.25, 0.3) is 0 Å². The van der Waals surface area contributed by atoms with E-state index in [0.29, 0.717) is 19.1 Å². The van der Waals surface area contributed by atoms with E-state index in [1.165, 1.54) is 6.33 Å². The molecule has 1 atom stereocenters. The number of aryl methyl sites for hydroxylation is 1. The van der Waals surface area contributed by atoms with Crippen molar-refractivity contribution in [3.63, 3.8) is 0 Å². The van der Waals surface area contributed by atoms with E-state index in [2.05, 4.69) is 20.5 Å². The van der Waals surface area contributed by atoms with Gasteiger partial charge in [-0.15, -0.1) is 0 Å². The normalized spacial score (nSPS) is 17.1. The number of thioether (sulfide) groups is 1. The average Bonchev–Trinajstić information content (AvgIpc) is 3.18. The SMILES string of the molecule is Cc1ccccc1OCC1CCCN(C(=O)NCCSc2ncn[nH]2)C1. The lowest BCUT2D eigenvalue weighted by Gasteiger charge is -2.32. The number of urea groups is 1. The third-order valence-electron chi connectivity index (χ3n) is 4.38. The number of benzene rings is 1. The van der Waals surface area contributed by atoms with Crippen LogP contribution in [0.4, 0.5) is 4.79 Å². The van der Waals surface area contributed by atoms with Gasteiger partial charge in [-0.25, -0.2) is 9.78 Å². The molecule has 1 saturated heterocycles. The Hall–Kier alpha value is -2.22. The molecule has 1 aromatic heterocycles. The molecule has 1 aliphatic rings. The largest absolute Gasteiger partial charge is 0.493 e. The standard InChI is InChI=1S/C18H25N5O2S/c1-14-5-2-3-7-16(14)25-12-15-6-4-9-23(11-15)18(24)19-8-10-26-17-20-13-21-22-17/h2-3,5,7,13,15H,4,6,8-12H2,1H3,(H,19,24)(H,20,21,22). The first-order chi connectivity index (χ1) is 12.7. The number of piperidine rings is 1. The number of rotatable bonds is 7. The second-order valence-electron chi connectivity index (χ2n) is 6.40. The minimum absolute atomic E-state index is 0.00348. The number of para-hydroxylation sites is 1. The van der Waals surface area contributed by atoms with Crippen molar-refractivity contribution >= 4 is 17.8 Å². The molecule has 1 aliphatic heterocycles. The molecule has 8 heteroatoms. The average molecular weight is 375 g/mol. The van der Waals surface area contributed by atoms with Gasteiger partial charge in [0.25, 0.3) is 0 Å². The molecule has 0 radical (unpaired) electrons. The van der Waals surface area contributed by atoms with Crippen LogP contribution in [-0.2, 0) is 0 Å². The summed E-state index contributed by atoms with van der Waals surface area (Å²) in [5.74, 6) is 2.06. The van der Waals surface area contributed by atoms with Crippen LogP contribution in [0.3, 0.4) is 0 Å². The first kappa shape index (κ1) is 18.6. The maximum absolute atomic E-state index is 12.4. The predicted octanol–water partition coefficient (Wildman–Crippen LogP) is 2.71. The molecule has 2 aromatic rings. The smallest absolute Gasteiger partial charge is 0.317 e. The molecule has 0 bridgehead atoms. The topological polar surface area (TPSA) is 83.1 Å². The van der Waals surface area contributed by atoms with Crippen molar-refractivity contribution in [2.24, 2.45) is 5.92 Å². The summed E-state index contributed by atoms with van der Waals surface area (Å²) >= 11 is 1.54. The highest BCUT2D eigenvalue weighted by Gasteiger charge is 2.24. The lowest BCUT2D eigenvalue weighted by molar-refractivity contribution is 0.137. The van der Waals surface area contributed by atoms with Gasteiger partial charge in [0.1, 0.15) is 12.1 Å². The highest BCUT2D eigenvalue weighted by atomic mass is 32.2. The van der Waals surface area contributed by atoms with Crippen LogP contribution in [0.15, 0.2) is 35.7 Å². The zero-order valence-corrected chi connectivity index (χ0v) is 15.8. The van der Waals surface area contributed by atoms with Crippen molar-refractivity contribution < 1.29 is 9.53 Å². The van der Waals surface area contributed by atoms with Crippen LogP contribution in [0.1, 0.15) is 18.4 Å². The number of aromatic amines is 1. The van der Waals surface area contributed by atoms with E-state index in [1.54, 1.807) is 11.8 Å². The second kappa shape index (κ2) is 9.47. The molecule has 1 unspecified atom stereocenters. The Kier molecular flexibility index (Phi) is 6.76. The Morgan fingerprint density at radius 1 is 1.46 bits per heavy atom. The number of nitrogens with zero attached hydrogens (tertiary/aromatic N) is 3. The molecule has 26 heavy (non-hydrogen) atoms. The maximum Gasteiger partial charge on any atom is 0.317 e. The van der Waals surface area contributed by atoms with Gasteiger partial charge in [0, 0.05) is 31.3 Å². The van der Waals surface area contributed by atoms with E-state index in [9.17, 15) is 4.79 Å². The lowest BCUT2D eigenvalue weighted by atomic mass is 9.99. The highest BCUT2D eigenvalue weighted by molar-refractivity contribution is 7.99. The zero-order valence-electron chi connectivity index (χ0n) is 15.0. The summed E-state index contributed by atoms with van der Waals surface area (Å²) in [5.41, 5.74) is 1.14. The molecule has 0 spiro atoms. The number of amides is 2. The number of aromatic nitrogens is 3. The van der Waals surface area contributed by atoms with E-state index in [-0.39, 0.29) is 6.03 Å². The van der Waals surface area contributed by atoms with E-state index >= 15 is 0 Å². The molecular formula is C18H25N5O2S. The first-order valence-corrected chi connectivity index (χ1v) is 9.90. The number of likely N-dealkylation sites (tertiary alicyclic amines) is 1. The fraction of sp³-hybridized carbons (Fsp3) is 0.500. The molecule has 2 heterocycles. The summed E-state index contributed by atoms with van der Waals surface area (Å²) in [7, 11) is 0. The fourth-order valence-corrected chi connectivity index (χ4v) is 3.63. The molecule has 0 aliphatic carbocycles. The number of H-pyrrole nitrogens is 1. The second-order valence-corrected chi connectivity index (χ2v) is 7.49. The van der Waals surface area contributed by atoms with Gasteiger partial charge in [-0.2, -0.15) is 5.10 Å². The molecule has 2 N–H and O–H groups in total. The minimum atomic E-state index is 0.00348. The van der Waals surface area contributed by atoms with E-state index in [4.69, 9.17) is 4.74 Å². The van der Waals surface area contributed by atoms with E-state index in [0.717, 1.165) is 48.2 Å². The molecule has 1 fully saturated rings. The summed E-state index contributed by atoms with van der Waals surface area (Å²) in [5, 5.41) is 10.3. The Morgan fingerprint density at radius 2 is 2.35 bits per heavy atom. The van der Waals surface area contributed by atoms with Gasteiger partial charge in [-0.3, -0.25) is 5.10 Å². The molecule has 2 amide bonds. The molecule has 3 rings (SSSR count). The quantitative estimate of drug-likeness (QED) is 0.574. The van der Waals surface area contributed by atoms with Crippen LogP contribution < -0.4 is 10.1 Å². The molecule has 1 aromatic carbocycles. The number of carbonyl (C=O) groups excluding carboxylic acids is 1. The molecule has 0 saturated carbocycles. The van der Waals surface area contributed by atoms with Gasteiger partial charge in [0.15, 0.2) is 5.16 Å². The molecule has 140 valence electrons. The van der Waals surface area contributed by atoms with Gasteiger partial charge >= 0.3 is 6.03 Å². The van der Waals surface area contributed by atoms with Gasteiger partial charge in [-0.1, -0.05) is 30.0 Å². The Labute approximate surface area is 157 Å². The summed E-state index contributed by atoms with van der Waals surface area (Å²) < 4.78 is 5.97. The summed E-state index contributed by atoms with van der Waals surface area (Å²) in [6, 6.07) is 8.04. The fourth-order valence-electron chi connectivity index (χ4n) is 2.99. The highest BCUT2D eigenvalue weighted by Crippen LogP contribution is 2.21. The summed E-state index contributed by atoms with van der Waals surface area (Å²) in [4.78, 5) is 18.3. The van der Waals surface area contributed by atoms with Crippen LogP contribution in [0.5, 0.6) is 5.75 Å². The number of carbonyl (C=O) groups is 1. The van der Waals surface area contributed by atoms with E-state index < -0.39 is 0 Å². The monoisotopic (exact) mass is 375 g/mol. The summed E-state index contributed by atoms with van der Waals surface area (Å²) in [6.45, 7) is 4.85. The Morgan fingerprint density at radius 3 is 3.15 bits per heavy atom. The van der Waals surface area contributed by atoms with Crippen molar-refractivity contribution in [2.45, 2.75) is 24.9 Å². The lowest BCUT2D eigenvalue weighted by Crippen LogP contribution is -2.47. The van der Waals surface area contributed by atoms with Crippen molar-refractivity contribution in [3.8, 4) is 5.75 Å². The van der Waals surface area contributed by atoms with Crippen LogP contribution >= 0.6 is 11.8 Å². The first-order valence-electron chi connectivity index (χ1n) is 8.92. The molecular weight excluding hydrogens is 350 g/mol. The number of nitrogens with one attached hydrogen (secondary N) is 2. The Balaban J connectivity index is 1.38. The van der Waals surface area contributed by atoms with Gasteiger partial charge in [0.05, 0.1) is 6.61 Å². The van der Waals surface area contributed by atoms with Crippen molar-refractivity contribution in [3.05, 3.63) is 36.2 Å². The number of hydrogen-bond donors (Lipinski definition) is 2. The van der Waals surface area contributed by atoms with Crippen molar-refractivity contribution in [2.75, 3.05) is 32.0 Å². The predicted molar refractivity (Wildman–Crippen MR) is 101 cm³/mol. The van der Waals surface area contributed by atoms with Crippen molar-refractivity contribution in [1.82, 2.24) is 25.4 Å². The van der Waals surface area contributed by atoms with Gasteiger partial charge in [0.2, 0.25) is 0 Å². The maximum atomic E-state index is 12.4. The van der Waals surface area contributed by atoms with Gasteiger partial charge in [-0.05, 0) is 31.4 Å². The Bertz CT molecular complexity index is 695. The van der Waals surface area contributed by atoms with Crippen molar-refractivity contribution in [1.29, 1.82) is 0 Å². The van der Waals surface area contributed by atoms with Crippen LogP contribution in [-0.4, -0.2) is 58.1 Å². The van der Waals surface area contributed by atoms with Crippen LogP contribution in [0, 0.1) is 12.8 Å². The summed E-state index contributed by atoms with van der Waals surface area (Å²) in [6.07, 6.45) is 3.59. The molecule has 7 nitrogen and oxygen atoms in total. The minimum Gasteiger partial charge on any atom is -0.493 e. The van der Waals surface area contributed by atoms with Crippen LogP contribution in [0.2, 0.25) is 0 Å². The number of ether oxygens (including phenoxy) is 1. The third kappa shape index (κ3) is 5.39. The third-order valence-corrected chi connectivity index (χ3v) is 5.26. The zero-order chi connectivity index (χ0) is 18.2.